The van der Waals surface area contributed by atoms with Gasteiger partial charge in [0.2, 0.25) is 5.28 Å². The summed E-state index contributed by atoms with van der Waals surface area (Å²) in [7, 11) is 0. The average Bonchev–Trinajstić information content (AvgIpc) is 2.57. The number of amides is 1. The average molecular weight is 325 g/mol. The van der Waals surface area contributed by atoms with Crippen molar-refractivity contribution in [1.29, 1.82) is 0 Å². The number of nitrogens with zero attached hydrogens (tertiary/aromatic N) is 2. The summed E-state index contributed by atoms with van der Waals surface area (Å²) in [5.41, 5.74) is 9.00. The summed E-state index contributed by atoms with van der Waals surface area (Å²) in [5, 5.41) is 2.97. The van der Waals surface area contributed by atoms with Crippen LogP contribution in [0.3, 0.4) is 0 Å². The van der Waals surface area contributed by atoms with E-state index in [0.717, 1.165) is 5.56 Å². The number of nitrogen functional groups attached to an aromatic ring is 1. The summed E-state index contributed by atoms with van der Waals surface area (Å²) in [6.07, 6.45) is 1.59. The van der Waals surface area contributed by atoms with Gasteiger partial charge < -0.3 is 11.1 Å². The quantitative estimate of drug-likeness (QED) is 0.569. The van der Waals surface area contributed by atoms with Gasteiger partial charge in [-0.05, 0) is 41.9 Å². The molecule has 1 amide bonds. The van der Waals surface area contributed by atoms with Crippen molar-refractivity contribution in [2.24, 2.45) is 0 Å². The lowest BCUT2D eigenvalue weighted by Crippen LogP contribution is -2.12. The van der Waals surface area contributed by atoms with E-state index in [0.29, 0.717) is 22.6 Å². The van der Waals surface area contributed by atoms with Crippen molar-refractivity contribution in [2.45, 2.75) is 0 Å². The van der Waals surface area contributed by atoms with Gasteiger partial charge in [-0.25, -0.2) is 9.97 Å². The van der Waals surface area contributed by atoms with Gasteiger partial charge in [0, 0.05) is 17.3 Å². The molecule has 0 aliphatic heterocycles. The van der Waals surface area contributed by atoms with Crippen LogP contribution < -0.4 is 11.1 Å². The lowest BCUT2D eigenvalue weighted by atomic mass is 10.1. The molecule has 1 heterocycles. The number of rotatable bonds is 3. The zero-order valence-corrected chi connectivity index (χ0v) is 12.8. The SMILES string of the molecule is Nc1ccccc1NC(=O)c1ccc(-c2ccnc(Cl)n2)cc1. The molecular formula is C17H13ClN4O. The Kier molecular flexibility index (Phi) is 4.21. The van der Waals surface area contributed by atoms with Crippen LogP contribution in [0.5, 0.6) is 0 Å². The first-order chi connectivity index (χ1) is 11.1. The summed E-state index contributed by atoms with van der Waals surface area (Å²) in [6.45, 7) is 0. The third-order valence-corrected chi connectivity index (χ3v) is 3.46. The van der Waals surface area contributed by atoms with E-state index >= 15 is 0 Å². The van der Waals surface area contributed by atoms with Gasteiger partial charge in [-0.3, -0.25) is 4.79 Å². The van der Waals surface area contributed by atoms with E-state index in [1.165, 1.54) is 0 Å². The van der Waals surface area contributed by atoms with Crippen LogP contribution in [0.2, 0.25) is 5.28 Å². The van der Waals surface area contributed by atoms with Crippen LogP contribution in [0.25, 0.3) is 11.3 Å². The Labute approximate surface area is 138 Å². The second kappa shape index (κ2) is 6.46. The highest BCUT2D eigenvalue weighted by Gasteiger charge is 2.08. The van der Waals surface area contributed by atoms with Crippen LogP contribution in [0, 0.1) is 0 Å². The van der Waals surface area contributed by atoms with Crippen LogP contribution >= 0.6 is 11.6 Å². The number of hydrogen-bond donors (Lipinski definition) is 2. The van der Waals surface area contributed by atoms with Gasteiger partial charge in [-0.15, -0.1) is 0 Å². The molecule has 0 saturated heterocycles. The number of nitrogens with two attached hydrogens (primary N) is 1. The number of para-hydroxylation sites is 2. The Morgan fingerprint density at radius 2 is 1.78 bits per heavy atom. The van der Waals surface area contributed by atoms with Gasteiger partial charge in [0.15, 0.2) is 0 Å². The molecule has 114 valence electrons. The number of halogens is 1. The molecule has 0 aliphatic carbocycles. The van der Waals surface area contributed by atoms with Crippen LogP contribution in [-0.2, 0) is 0 Å². The van der Waals surface area contributed by atoms with E-state index in [9.17, 15) is 4.79 Å². The van der Waals surface area contributed by atoms with Crippen molar-refractivity contribution in [2.75, 3.05) is 11.1 Å². The van der Waals surface area contributed by atoms with Crippen molar-refractivity contribution < 1.29 is 4.79 Å². The third kappa shape index (κ3) is 3.46. The second-order valence-electron chi connectivity index (χ2n) is 4.83. The summed E-state index contributed by atoms with van der Waals surface area (Å²) >= 11 is 5.78. The number of carbonyl (C=O) groups is 1. The normalized spacial score (nSPS) is 10.3. The van der Waals surface area contributed by atoms with Crippen LogP contribution in [0.1, 0.15) is 10.4 Å². The first kappa shape index (κ1) is 15.0. The standard InChI is InChI=1S/C17H13ClN4O/c18-17-20-10-9-14(22-17)11-5-7-12(8-6-11)16(23)21-15-4-2-1-3-13(15)19/h1-10H,19H2,(H,21,23). The molecule has 3 rings (SSSR count). The maximum Gasteiger partial charge on any atom is 0.255 e. The Hall–Kier alpha value is -2.92. The van der Waals surface area contributed by atoms with E-state index in [-0.39, 0.29) is 11.2 Å². The fraction of sp³-hybridized carbons (Fsp3) is 0. The van der Waals surface area contributed by atoms with Crippen molar-refractivity contribution in [3.8, 4) is 11.3 Å². The Morgan fingerprint density at radius 3 is 2.48 bits per heavy atom. The number of anilines is 2. The molecule has 2 aromatic carbocycles. The predicted octanol–water partition coefficient (Wildman–Crippen LogP) is 3.63. The van der Waals surface area contributed by atoms with Gasteiger partial charge in [-0.2, -0.15) is 0 Å². The lowest BCUT2D eigenvalue weighted by Gasteiger charge is -2.08. The third-order valence-electron chi connectivity index (χ3n) is 3.28. The van der Waals surface area contributed by atoms with Crippen molar-refractivity contribution >= 4 is 28.9 Å². The molecule has 3 N–H and O–H groups in total. The largest absolute Gasteiger partial charge is 0.397 e. The van der Waals surface area contributed by atoms with E-state index < -0.39 is 0 Å². The number of nitrogens with one attached hydrogen (secondary N) is 1. The lowest BCUT2D eigenvalue weighted by molar-refractivity contribution is 0.102. The molecule has 0 radical (unpaired) electrons. The van der Waals surface area contributed by atoms with Crippen LogP contribution in [0.15, 0.2) is 60.8 Å². The van der Waals surface area contributed by atoms with Gasteiger partial charge >= 0.3 is 0 Å². The van der Waals surface area contributed by atoms with E-state index in [1.54, 1.807) is 36.5 Å². The molecule has 6 heteroatoms. The molecule has 0 spiro atoms. The predicted molar refractivity (Wildman–Crippen MR) is 91.3 cm³/mol. The van der Waals surface area contributed by atoms with Crippen LogP contribution in [0.4, 0.5) is 11.4 Å². The highest BCUT2D eigenvalue weighted by Crippen LogP contribution is 2.20. The Bertz CT molecular complexity index is 849. The smallest absolute Gasteiger partial charge is 0.255 e. The number of hydrogen-bond acceptors (Lipinski definition) is 4. The Morgan fingerprint density at radius 1 is 1.04 bits per heavy atom. The molecule has 0 unspecified atom stereocenters. The van der Waals surface area contributed by atoms with Crippen LogP contribution in [-0.4, -0.2) is 15.9 Å². The zero-order chi connectivity index (χ0) is 16.2. The fourth-order valence-electron chi connectivity index (χ4n) is 2.09. The van der Waals surface area contributed by atoms with Crippen molar-refractivity contribution in [3.05, 3.63) is 71.6 Å². The van der Waals surface area contributed by atoms with E-state index in [4.69, 9.17) is 17.3 Å². The molecule has 0 atom stereocenters. The molecule has 0 aliphatic rings. The zero-order valence-electron chi connectivity index (χ0n) is 12.0. The molecule has 23 heavy (non-hydrogen) atoms. The molecule has 0 fully saturated rings. The topological polar surface area (TPSA) is 80.9 Å². The first-order valence-corrected chi connectivity index (χ1v) is 7.26. The summed E-state index contributed by atoms with van der Waals surface area (Å²) in [6, 6.07) is 15.9. The maximum absolute atomic E-state index is 12.3. The monoisotopic (exact) mass is 324 g/mol. The molecule has 0 saturated carbocycles. The minimum atomic E-state index is -0.227. The number of carbonyl (C=O) groups excluding carboxylic acids is 1. The van der Waals surface area contributed by atoms with Gasteiger partial charge in [0.25, 0.3) is 5.91 Å². The highest BCUT2D eigenvalue weighted by atomic mass is 35.5. The molecule has 1 aromatic heterocycles. The van der Waals surface area contributed by atoms with E-state index in [1.807, 2.05) is 24.3 Å². The van der Waals surface area contributed by atoms with Gasteiger partial charge in [0.05, 0.1) is 17.1 Å². The van der Waals surface area contributed by atoms with Gasteiger partial charge in [-0.1, -0.05) is 24.3 Å². The summed E-state index contributed by atoms with van der Waals surface area (Å²) < 4.78 is 0. The molecular weight excluding hydrogens is 312 g/mol. The summed E-state index contributed by atoms with van der Waals surface area (Å²) in [4.78, 5) is 20.2. The minimum Gasteiger partial charge on any atom is -0.397 e. The van der Waals surface area contributed by atoms with Gasteiger partial charge in [0.1, 0.15) is 0 Å². The van der Waals surface area contributed by atoms with Crippen molar-refractivity contribution in [1.82, 2.24) is 9.97 Å². The minimum absolute atomic E-state index is 0.184. The first-order valence-electron chi connectivity index (χ1n) is 6.88. The summed E-state index contributed by atoms with van der Waals surface area (Å²) in [5.74, 6) is -0.227. The van der Waals surface area contributed by atoms with E-state index in [2.05, 4.69) is 15.3 Å². The molecule has 5 nitrogen and oxygen atoms in total. The molecule has 0 bridgehead atoms. The maximum atomic E-state index is 12.3. The molecule has 3 aromatic rings. The fourth-order valence-corrected chi connectivity index (χ4v) is 2.24. The van der Waals surface area contributed by atoms with Crippen molar-refractivity contribution in [3.63, 3.8) is 0 Å². The number of benzene rings is 2. The highest BCUT2D eigenvalue weighted by molar-refractivity contribution is 6.28. The second-order valence-corrected chi connectivity index (χ2v) is 5.17. The number of aromatic nitrogens is 2. The Balaban J connectivity index is 1.79.